The predicted molar refractivity (Wildman–Crippen MR) is 178 cm³/mol. The van der Waals surface area contributed by atoms with E-state index >= 15 is 0 Å². The van der Waals surface area contributed by atoms with Crippen LogP contribution < -0.4 is 5.73 Å². The van der Waals surface area contributed by atoms with Gasteiger partial charge in [-0.3, -0.25) is 4.90 Å². The lowest BCUT2D eigenvalue weighted by Gasteiger charge is -2.42. The smallest absolute Gasteiger partial charge is 0.164 e. The monoisotopic (exact) mass is 657 g/mol. The first-order chi connectivity index (χ1) is 21.6. The second kappa shape index (κ2) is 12.9. The Balaban J connectivity index is 1.08. The van der Waals surface area contributed by atoms with Crippen molar-refractivity contribution in [3.63, 3.8) is 0 Å². The molecule has 0 radical (unpaired) electrons. The number of aromatic nitrogens is 6. The van der Waals surface area contributed by atoms with Gasteiger partial charge < -0.3 is 20.4 Å². The van der Waals surface area contributed by atoms with Crippen LogP contribution in [-0.4, -0.2) is 92.0 Å². The van der Waals surface area contributed by atoms with Crippen molar-refractivity contribution in [2.75, 3.05) is 52.2 Å². The zero-order chi connectivity index (χ0) is 30.0. The first kappa shape index (κ1) is 29.3. The molecule has 2 aromatic carbocycles. The van der Waals surface area contributed by atoms with Gasteiger partial charge in [-0.15, -0.1) is 0 Å². The number of piperazine rings is 1. The van der Waals surface area contributed by atoms with Gasteiger partial charge in [0.25, 0.3) is 0 Å². The number of nitrogens with two attached hydrogens (primary N) is 1. The van der Waals surface area contributed by atoms with E-state index in [1.54, 1.807) is 13.4 Å². The normalized spacial score (nSPS) is 20.1. The van der Waals surface area contributed by atoms with Gasteiger partial charge in [-0.2, -0.15) is 5.10 Å². The lowest BCUT2D eigenvalue weighted by Crippen LogP contribution is -2.51. The average Bonchev–Trinajstić information content (AvgIpc) is 3.64. The lowest BCUT2D eigenvalue weighted by atomic mass is 9.90. The Morgan fingerprint density at radius 1 is 1.00 bits per heavy atom. The van der Waals surface area contributed by atoms with E-state index in [-0.39, 0.29) is 0 Å². The van der Waals surface area contributed by atoms with Crippen LogP contribution in [0.2, 0.25) is 0 Å². The summed E-state index contributed by atoms with van der Waals surface area (Å²) in [7, 11) is 1.78. The van der Waals surface area contributed by atoms with Crippen LogP contribution >= 0.6 is 15.9 Å². The van der Waals surface area contributed by atoms with Crippen LogP contribution in [0.4, 0.5) is 5.82 Å². The summed E-state index contributed by atoms with van der Waals surface area (Å²) in [5.41, 5.74) is 12.2. The highest BCUT2D eigenvalue weighted by Crippen LogP contribution is 2.37. The SMILES string of the molecule is COCCCN1CCN(C2CCC(n3nc(-c4ccc5nc(Cc6ccccc6Br)[nH]c5c4)c4c(N)ncnc43)CC2)CC1. The van der Waals surface area contributed by atoms with Crippen molar-refractivity contribution >= 4 is 43.8 Å². The number of benzene rings is 2. The van der Waals surface area contributed by atoms with E-state index < -0.39 is 0 Å². The van der Waals surface area contributed by atoms with Gasteiger partial charge in [0, 0.05) is 68.9 Å². The Hall–Kier alpha value is -3.38. The summed E-state index contributed by atoms with van der Waals surface area (Å²) in [5.74, 6) is 1.39. The number of rotatable bonds is 9. The standard InChI is InChI=1S/C33H40BrN9O/c1-44-18-4-13-41-14-16-42(17-15-41)24-8-10-25(11-9-24)43-33-30(32(35)36-21-37-33)31(40-43)23-7-12-27-28(19-23)39-29(38-27)20-22-5-2-3-6-26(22)34/h2-3,5-7,12,19,21,24-25H,4,8-11,13-18,20H2,1H3,(H,38,39)(H2,35,36,37). The van der Waals surface area contributed by atoms with Crippen molar-refractivity contribution in [2.24, 2.45) is 0 Å². The molecule has 3 aromatic heterocycles. The van der Waals surface area contributed by atoms with Crippen LogP contribution in [-0.2, 0) is 11.2 Å². The molecule has 2 aliphatic rings. The van der Waals surface area contributed by atoms with Crippen molar-refractivity contribution in [1.29, 1.82) is 0 Å². The fraction of sp³-hybridized carbons (Fsp3) is 0.455. The molecule has 0 spiro atoms. The minimum atomic E-state index is 0.291. The molecule has 1 saturated carbocycles. The molecule has 230 valence electrons. The molecule has 1 aliphatic heterocycles. The maximum absolute atomic E-state index is 6.48. The maximum Gasteiger partial charge on any atom is 0.164 e. The third-order valence-electron chi connectivity index (χ3n) is 9.40. The van der Waals surface area contributed by atoms with E-state index in [1.807, 2.05) is 12.1 Å². The molecule has 2 fully saturated rings. The number of H-pyrrole nitrogens is 1. The van der Waals surface area contributed by atoms with E-state index in [9.17, 15) is 0 Å². The van der Waals surface area contributed by atoms with Crippen LogP contribution in [0.3, 0.4) is 0 Å². The Morgan fingerprint density at radius 2 is 1.80 bits per heavy atom. The minimum absolute atomic E-state index is 0.291. The van der Waals surface area contributed by atoms with Crippen LogP contribution in [0.1, 0.15) is 49.5 Å². The summed E-state index contributed by atoms with van der Waals surface area (Å²) >= 11 is 3.66. The number of hydrogen-bond acceptors (Lipinski definition) is 8. The van der Waals surface area contributed by atoms with Crippen LogP contribution in [0.25, 0.3) is 33.3 Å². The van der Waals surface area contributed by atoms with Crippen LogP contribution in [0.5, 0.6) is 0 Å². The second-order valence-corrected chi connectivity index (χ2v) is 13.0. The number of ether oxygens (including phenoxy) is 1. The van der Waals surface area contributed by atoms with E-state index in [0.717, 1.165) is 109 Å². The summed E-state index contributed by atoms with van der Waals surface area (Å²) in [4.78, 5) is 22.7. The Kier molecular flexibility index (Phi) is 8.62. The highest BCUT2D eigenvalue weighted by Gasteiger charge is 2.31. The van der Waals surface area contributed by atoms with Crippen molar-refractivity contribution in [3.05, 3.63) is 64.7 Å². The second-order valence-electron chi connectivity index (χ2n) is 12.1. The molecular formula is C33H40BrN9O. The zero-order valence-electron chi connectivity index (χ0n) is 25.3. The molecule has 10 nitrogen and oxygen atoms in total. The summed E-state index contributed by atoms with van der Waals surface area (Å²) in [5, 5.41) is 6.01. The van der Waals surface area contributed by atoms with Crippen LogP contribution in [0.15, 0.2) is 53.3 Å². The van der Waals surface area contributed by atoms with Crippen molar-refractivity contribution in [1.82, 2.24) is 39.5 Å². The van der Waals surface area contributed by atoms with Gasteiger partial charge in [-0.1, -0.05) is 40.2 Å². The van der Waals surface area contributed by atoms with Crippen molar-refractivity contribution < 1.29 is 4.74 Å². The van der Waals surface area contributed by atoms with Crippen molar-refractivity contribution in [2.45, 2.75) is 50.6 Å². The molecular weight excluding hydrogens is 618 g/mol. The van der Waals surface area contributed by atoms with E-state index in [1.165, 1.54) is 18.4 Å². The molecule has 5 aromatic rings. The average molecular weight is 659 g/mol. The Bertz CT molecular complexity index is 1730. The number of anilines is 1. The number of fused-ring (bicyclic) bond motifs is 2. The first-order valence-electron chi connectivity index (χ1n) is 15.7. The van der Waals surface area contributed by atoms with E-state index in [2.05, 4.69) is 70.7 Å². The molecule has 4 heterocycles. The summed E-state index contributed by atoms with van der Waals surface area (Å²) in [6, 6.07) is 15.4. The third-order valence-corrected chi connectivity index (χ3v) is 10.2. The molecule has 7 rings (SSSR count). The van der Waals surface area contributed by atoms with E-state index in [0.29, 0.717) is 17.9 Å². The van der Waals surface area contributed by atoms with Gasteiger partial charge in [0.05, 0.1) is 22.5 Å². The lowest BCUT2D eigenvalue weighted by molar-refractivity contribution is 0.0662. The number of halogens is 1. The Morgan fingerprint density at radius 3 is 2.59 bits per heavy atom. The number of methoxy groups -OCH3 is 1. The molecule has 1 aliphatic carbocycles. The maximum atomic E-state index is 6.48. The zero-order valence-corrected chi connectivity index (χ0v) is 26.8. The summed E-state index contributed by atoms with van der Waals surface area (Å²) < 4.78 is 8.44. The predicted octanol–water partition coefficient (Wildman–Crippen LogP) is 5.44. The first-order valence-corrected chi connectivity index (χ1v) is 16.5. The fourth-order valence-corrected chi connectivity index (χ4v) is 7.45. The minimum Gasteiger partial charge on any atom is -0.385 e. The van der Waals surface area contributed by atoms with Gasteiger partial charge in [-0.05, 0) is 55.9 Å². The quantitative estimate of drug-likeness (QED) is 0.201. The van der Waals surface area contributed by atoms with E-state index in [4.69, 9.17) is 25.5 Å². The number of aromatic amines is 1. The Labute approximate surface area is 266 Å². The molecule has 3 N–H and O–H groups in total. The number of hydrogen-bond donors (Lipinski definition) is 2. The van der Waals surface area contributed by atoms with Gasteiger partial charge in [0.2, 0.25) is 0 Å². The number of nitrogens with zero attached hydrogens (tertiary/aromatic N) is 7. The number of nitrogens with one attached hydrogen (secondary N) is 1. The highest BCUT2D eigenvalue weighted by molar-refractivity contribution is 9.10. The van der Waals surface area contributed by atoms with Crippen molar-refractivity contribution in [3.8, 4) is 11.3 Å². The molecule has 0 bridgehead atoms. The van der Waals surface area contributed by atoms with Gasteiger partial charge >= 0.3 is 0 Å². The molecule has 1 saturated heterocycles. The van der Waals surface area contributed by atoms with Crippen LogP contribution in [0, 0.1) is 0 Å². The topological polar surface area (TPSA) is 114 Å². The molecule has 44 heavy (non-hydrogen) atoms. The van der Waals surface area contributed by atoms with Gasteiger partial charge in [0.1, 0.15) is 23.7 Å². The largest absolute Gasteiger partial charge is 0.385 e. The number of nitrogen functional groups attached to an aromatic ring is 1. The third kappa shape index (κ3) is 5.98. The summed E-state index contributed by atoms with van der Waals surface area (Å²) in [6.07, 6.45) is 7.89. The van der Waals surface area contributed by atoms with Gasteiger partial charge in [-0.25, -0.2) is 19.6 Å². The molecule has 0 atom stereocenters. The molecule has 0 unspecified atom stereocenters. The molecule has 11 heteroatoms. The molecule has 0 amide bonds. The summed E-state index contributed by atoms with van der Waals surface area (Å²) in [6.45, 7) is 6.59. The fourth-order valence-electron chi connectivity index (χ4n) is 7.02. The van der Waals surface area contributed by atoms with Gasteiger partial charge in [0.15, 0.2) is 5.65 Å². The number of imidazole rings is 1. The highest BCUT2D eigenvalue weighted by atomic mass is 79.9.